The minimum Gasteiger partial charge on any atom is -0.333 e. The Balaban J connectivity index is 1.82. The topological polar surface area (TPSA) is 74.2 Å². The minimum atomic E-state index is 0.0210. The average molecular weight is 360 g/mol. The zero-order valence-corrected chi connectivity index (χ0v) is 15.9. The van der Waals surface area contributed by atoms with E-state index in [1.807, 2.05) is 50.0 Å². The predicted molar refractivity (Wildman–Crippen MR) is 99.1 cm³/mol. The summed E-state index contributed by atoms with van der Waals surface area (Å²) in [4.78, 5) is 30.9. The third-order valence-corrected chi connectivity index (χ3v) is 4.91. The number of aromatic nitrogens is 3. The molecule has 2 aromatic heterocycles. The number of hydrogen-bond acceptors (Lipinski definition) is 7. The molecule has 3 rings (SSSR count). The lowest BCUT2D eigenvalue weighted by Crippen LogP contribution is -2.37. The number of anilines is 2. The first-order valence-corrected chi connectivity index (χ1v) is 9.23. The normalized spacial score (nSPS) is 17.3. The molecule has 134 valence electrons. The zero-order valence-electron chi connectivity index (χ0n) is 15.1. The summed E-state index contributed by atoms with van der Waals surface area (Å²) in [5.74, 6) is 1.57. The van der Waals surface area contributed by atoms with Crippen LogP contribution in [0.5, 0.6) is 0 Å². The van der Waals surface area contributed by atoms with Crippen LogP contribution in [0, 0.1) is 13.8 Å². The summed E-state index contributed by atoms with van der Waals surface area (Å²) in [6, 6.07) is 1.96. The van der Waals surface area contributed by atoms with E-state index in [0.29, 0.717) is 12.4 Å². The van der Waals surface area contributed by atoms with E-state index >= 15 is 0 Å². The van der Waals surface area contributed by atoms with Gasteiger partial charge in [0, 0.05) is 23.7 Å². The molecule has 3 heterocycles. The van der Waals surface area contributed by atoms with Gasteiger partial charge in [0.2, 0.25) is 5.91 Å². The molecule has 25 heavy (non-hydrogen) atoms. The second-order valence-electron chi connectivity index (χ2n) is 6.61. The minimum absolute atomic E-state index is 0.0210. The van der Waals surface area contributed by atoms with Crippen LogP contribution in [-0.4, -0.2) is 57.8 Å². The summed E-state index contributed by atoms with van der Waals surface area (Å²) >= 11 is 1.59. The number of nitrogens with zero attached hydrogens (tertiary/aromatic N) is 5. The first-order chi connectivity index (χ1) is 11.9. The van der Waals surface area contributed by atoms with E-state index in [1.165, 1.54) is 0 Å². The van der Waals surface area contributed by atoms with Crippen LogP contribution in [0.15, 0.2) is 12.3 Å². The van der Waals surface area contributed by atoms with Gasteiger partial charge in [0.1, 0.15) is 11.6 Å². The van der Waals surface area contributed by atoms with Crippen LogP contribution < -0.4 is 5.32 Å². The van der Waals surface area contributed by atoms with Crippen LogP contribution in [0.1, 0.15) is 35.3 Å². The molecule has 0 bridgehead atoms. The van der Waals surface area contributed by atoms with Crippen LogP contribution in [0.4, 0.5) is 10.9 Å². The van der Waals surface area contributed by atoms with Gasteiger partial charge in [-0.15, -0.1) is 11.3 Å². The van der Waals surface area contributed by atoms with Crippen molar-refractivity contribution >= 4 is 28.2 Å². The molecule has 7 nitrogen and oxygen atoms in total. The Kier molecular flexibility index (Phi) is 5.29. The molecule has 1 unspecified atom stereocenters. The van der Waals surface area contributed by atoms with Gasteiger partial charge in [-0.25, -0.2) is 15.0 Å². The lowest BCUT2D eigenvalue weighted by molar-refractivity contribution is -0.132. The third-order valence-electron chi connectivity index (χ3n) is 4.08. The summed E-state index contributed by atoms with van der Waals surface area (Å²) in [7, 11) is 3.83. The van der Waals surface area contributed by atoms with E-state index in [9.17, 15) is 4.79 Å². The number of nitrogens with one attached hydrogen (secondary N) is 1. The van der Waals surface area contributed by atoms with E-state index in [2.05, 4.69) is 20.3 Å². The zero-order chi connectivity index (χ0) is 18.0. The molecule has 0 radical (unpaired) electrons. The van der Waals surface area contributed by atoms with Crippen molar-refractivity contribution in [1.82, 2.24) is 24.8 Å². The molecule has 1 aliphatic rings. The lowest BCUT2D eigenvalue weighted by atomic mass is 10.1. The van der Waals surface area contributed by atoms with Gasteiger partial charge in [0.05, 0.1) is 18.3 Å². The SMILES string of the molecule is Cc1nc(Nc2ncc(C)s2)cc(C2CCCN2C(=O)CN(C)C)n1. The largest absolute Gasteiger partial charge is 0.333 e. The maximum absolute atomic E-state index is 12.5. The lowest BCUT2D eigenvalue weighted by Gasteiger charge is -2.26. The van der Waals surface area contributed by atoms with Gasteiger partial charge >= 0.3 is 0 Å². The molecule has 1 N–H and O–H groups in total. The molecule has 2 aromatic rings. The first-order valence-electron chi connectivity index (χ1n) is 8.41. The van der Waals surface area contributed by atoms with E-state index < -0.39 is 0 Å². The Morgan fingerprint density at radius 3 is 2.88 bits per heavy atom. The van der Waals surface area contributed by atoms with Crippen molar-refractivity contribution in [2.75, 3.05) is 32.5 Å². The number of thiazole rings is 1. The van der Waals surface area contributed by atoms with Gasteiger partial charge in [0.25, 0.3) is 0 Å². The Bertz CT molecular complexity index is 759. The van der Waals surface area contributed by atoms with E-state index in [-0.39, 0.29) is 11.9 Å². The van der Waals surface area contributed by atoms with Crippen LogP contribution >= 0.6 is 11.3 Å². The van der Waals surface area contributed by atoms with Crippen molar-refractivity contribution in [3.8, 4) is 0 Å². The first kappa shape index (κ1) is 17.8. The Morgan fingerprint density at radius 1 is 1.40 bits per heavy atom. The Labute approximate surface area is 152 Å². The predicted octanol–water partition coefficient (Wildman–Crippen LogP) is 2.52. The van der Waals surface area contributed by atoms with Gasteiger partial charge in [-0.05, 0) is 40.8 Å². The second-order valence-corrected chi connectivity index (χ2v) is 7.84. The molecule has 1 saturated heterocycles. The molecule has 1 fully saturated rings. The fraction of sp³-hybridized carbons (Fsp3) is 0.529. The fourth-order valence-electron chi connectivity index (χ4n) is 3.08. The van der Waals surface area contributed by atoms with Crippen molar-refractivity contribution in [1.29, 1.82) is 0 Å². The van der Waals surface area contributed by atoms with Crippen molar-refractivity contribution in [2.24, 2.45) is 0 Å². The Hall–Kier alpha value is -2.06. The maximum Gasteiger partial charge on any atom is 0.237 e. The highest BCUT2D eigenvalue weighted by Crippen LogP contribution is 2.32. The van der Waals surface area contributed by atoms with Gasteiger partial charge in [-0.2, -0.15) is 0 Å². The van der Waals surface area contributed by atoms with E-state index in [0.717, 1.165) is 40.9 Å². The van der Waals surface area contributed by atoms with Gasteiger partial charge in [-0.3, -0.25) is 4.79 Å². The number of hydrogen-bond donors (Lipinski definition) is 1. The quantitative estimate of drug-likeness (QED) is 0.883. The van der Waals surface area contributed by atoms with Gasteiger partial charge < -0.3 is 15.1 Å². The standard InChI is InChI=1S/C17H24N6OS/c1-11-9-18-17(25-11)21-15-8-13(19-12(2)20-15)14-6-5-7-23(14)16(24)10-22(3)4/h8-9,14H,5-7,10H2,1-4H3,(H,18,19,20,21). The summed E-state index contributed by atoms with van der Waals surface area (Å²) in [5.41, 5.74) is 0.896. The van der Waals surface area contributed by atoms with E-state index in [1.54, 1.807) is 11.3 Å². The van der Waals surface area contributed by atoms with Crippen LogP contribution in [-0.2, 0) is 4.79 Å². The second kappa shape index (κ2) is 7.45. The molecular formula is C17H24N6OS. The third kappa shape index (κ3) is 4.32. The highest BCUT2D eigenvalue weighted by molar-refractivity contribution is 7.15. The van der Waals surface area contributed by atoms with Crippen molar-refractivity contribution in [3.63, 3.8) is 0 Å². The number of amides is 1. The van der Waals surface area contributed by atoms with Crippen molar-refractivity contribution in [3.05, 3.63) is 28.7 Å². The Morgan fingerprint density at radius 2 is 2.20 bits per heavy atom. The van der Waals surface area contributed by atoms with Crippen LogP contribution in [0.2, 0.25) is 0 Å². The number of likely N-dealkylation sites (N-methyl/N-ethyl adjacent to an activating group) is 1. The summed E-state index contributed by atoms with van der Waals surface area (Å²) in [5, 5.41) is 4.06. The van der Waals surface area contributed by atoms with Crippen LogP contribution in [0.3, 0.4) is 0 Å². The highest BCUT2D eigenvalue weighted by atomic mass is 32.1. The van der Waals surface area contributed by atoms with Gasteiger partial charge in [-0.1, -0.05) is 0 Å². The fourth-order valence-corrected chi connectivity index (χ4v) is 3.75. The number of carbonyl (C=O) groups is 1. The average Bonchev–Trinajstić information content (AvgIpc) is 3.15. The number of carbonyl (C=O) groups excluding carboxylic acids is 1. The number of likely N-dealkylation sites (tertiary alicyclic amines) is 1. The smallest absolute Gasteiger partial charge is 0.237 e. The monoisotopic (exact) mass is 360 g/mol. The van der Waals surface area contributed by atoms with Crippen molar-refractivity contribution < 1.29 is 4.79 Å². The van der Waals surface area contributed by atoms with Gasteiger partial charge in [0.15, 0.2) is 5.13 Å². The highest BCUT2D eigenvalue weighted by Gasteiger charge is 2.31. The molecule has 1 aliphatic heterocycles. The summed E-state index contributed by atoms with van der Waals surface area (Å²) < 4.78 is 0. The molecule has 0 spiro atoms. The summed E-state index contributed by atoms with van der Waals surface area (Å²) in [6.07, 6.45) is 3.77. The number of aryl methyl sites for hydroxylation is 2. The molecular weight excluding hydrogens is 336 g/mol. The molecule has 0 aromatic carbocycles. The molecule has 0 saturated carbocycles. The number of rotatable bonds is 5. The molecule has 1 atom stereocenters. The maximum atomic E-state index is 12.5. The molecule has 8 heteroatoms. The molecule has 1 amide bonds. The van der Waals surface area contributed by atoms with Crippen molar-refractivity contribution in [2.45, 2.75) is 32.7 Å². The van der Waals surface area contributed by atoms with Crippen LogP contribution in [0.25, 0.3) is 0 Å². The van der Waals surface area contributed by atoms with E-state index in [4.69, 9.17) is 0 Å². The summed E-state index contributed by atoms with van der Waals surface area (Å²) in [6.45, 7) is 5.11. The molecule has 0 aliphatic carbocycles.